The van der Waals surface area contributed by atoms with Gasteiger partial charge in [-0.15, -0.1) is 12.4 Å². The lowest BCUT2D eigenvalue weighted by Crippen LogP contribution is -2.33. The van der Waals surface area contributed by atoms with Crippen molar-refractivity contribution >= 4 is 18.3 Å². The lowest BCUT2D eigenvalue weighted by atomic mass is 9.85. The van der Waals surface area contributed by atoms with Crippen LogP contribution in [0, 0.1) is 5.92 Å². The third-order valence-corrected chi connectivity index (χ3v) is 3.31. The number of halogens is 1. The predicted molar refractivity (Wildman–Crippen MR) is 87.4 cm³/mol. The van der Waals surface area contributed by atoms with E-state index in [1.165, 1.54) is 5.56 Å². The maximum absolute atomic E-state index is 12.0. The van der Waals surface area contributed by atoms with Gasteiger partial charge in [0.25, 0.3) is 0 Å². The molecule has 20 heavy (non-hydrogen) atoms. The first-order valence-electron chi connectivity index (χ1n) is 7.17. The molecule has 0 bridgehead atoms. The molecule has 0 spiro atoms. The van der Waals surface area contributed by atoms with Crippen molar-refractivity contribution in [2.45, 2.75) is 33.1 Å². The Morgan fingerprint density at radius 1 is 1.15 bits per heavy atom. The Morgan fingerprint density at radius 2 is 1.80 bits per heavy atom. The van der Waals surface area contributed by atoms with E-state index in [1.807, 2.05) is 18.2 Å². The standard InChI is InChI=1S/C16H26N2O.ClH/c1-4-17-10-11-18-16(19)12-15(13(2)3)14-8-6-5-7-9-14;/h5-9,13,15,17H,4,10-12H2,1-3H3,(H,18,19);1H. The van der Waals surface area contributed by atoms with Crippen LogP contribution in [-0.4, -0.2) is 25.5 Å². The molecule has 0 saturated heterocycles. The van der Waals surface area contributed by atoms with Crippen molar-refractivity contribution in [1.29, 1.82) is 0 Å². The Morgan fingerprint density at radius 3 is 2.35 bits per heavy atom. The van der Waals surface area contributed by atoms with Crippen LogP contribution in [0.4, 0.5) is 0 Å². The highest BCUT2D eigenvalue weighted by molar-refractivity contribution is 5.85. The van der Waals surface area contributed by atoms with Gasteiger partial charge in [-0.3, -0.25) is 4.79 Å². The summed E-state index contributed by atoms with van der Waals surface area (Å²) in [4.78, 5) is 12.0. The van der Waals surface area contributed by atoms with Crippen molar-refractivity contribution in [3.8, 4) is 0 Å². The second kappa shape index (κ2) is 10.7. The molecule has 0 radical (unpaired) electrons. The van der Waals surface area contributed by atoms with Gasteiger partial charge in [-0.1, -0.05) is 51.1 Å². The van der Waals surface area contributed by atoms with Crippen molar-refractivity contribution in [2.24, 2.45) is 5.92 Å². The Bertz CT molecular complexity index is 368. The van der Waals surface area contributed by atoms with Gasteiger partial charge in [0.2, 0.25) is 5.91 Å². The zero-order valence-corrected chi connectivity index (χ0v) is 13.5. The van der Waals surface area contributed by atoms with E-state index in [9.17, 15) is 4.79 Å². The summed E-state index contributed by atoms with van der Waals surface area (Å²) in [5.74, 6) is 0.891. The molecule has 1 atom stereocenters. The molecule has 0 aliphatic carbocycles. The van der Waals surface area contributed by atoms with Crippen molar-refractivity contribution in [1.82, 2.24) is 10.6 Å². The monoisotopic (exact) mass is 298 g/mol. The van der Waals surface area contributed by atoms with Crippen LogP contribution in [0.1, 0.15) is 38.7 Å². The number of hydrogen-bond donors (Lipinski definition) is 2. The maximum atomic E-state index is 12.0. The van der Waals surface area contributed by atoms with E-state index in [0.717, 1.165) is 13.1 Å². The quantitative estimate of drug-likeness (QED) is 0.725. The van der Waals surface area contributed by atoms with Crippen LogP contribution in [0.25, 0.3) is 0 Å². The molecule has 1 rings (SSSR count). The lowest BCUT2D eigenvalue weighted by Gasteiger charge is -2.21. The molecule has 114 valence electrons. The molecular weight excluding hydrogens is 272 g/mol. The van der Waals surface area contributed by atoms with Gasteiger partial charge in [-0.25, -0.2) is 0 Å². The summed E-state index contributed by atoms with van der Waals surface area (Å²) in [6, 6.07) is 10.3. The van der Waals surface area contributed by atoms with Crippen LogP contribution in [0.5, 0.6) is 0 Å². The largest absolute Gasteiger partial charge is 0.355 e. The van der Waals surface area contributed by atoms with Crippen LogP contribution in [0.15, 0.2) is 30.3 Å². The van der Waals surface area contributed by atoms with Crippen LogP contribution in [0.3, 0.4) is 0 Å². The Hall–Kier alpha value is -1.06. The molecule has 0 heterocycles. The smallest absolute Gasteiger partial charge is 0.220 e. The molecule has 0 aliphatic rings. The maximum Gasteiger partial charge on any atom is 0.220 e. The molecule has 0 saturated carbocycles. The molecule has 0 aromatic heterocycles. The molecular formula is C16H27ClN2O. The van der Waals surface area contributed by atoms with Gasteiger partial charge in [0.1, 0.15) is 0 Å². The fourth-order valence-corrected chi connectivity index (χ4v) is 2.18. The predicted octanol–water partition coefficient (Wildman–Crippen LogP) is 2.96. The van der Waals surface area contributed by atoms with Crippen LogP contribution in [-0.2, 0) is 4.79 Å². The molecule has 1 aromatic carbocycles. The highest BCUT2D eigenvalue weighted by Gasteiger charge is 2.18. The lowest BCUT2D eigenvalue weighted by molar-refractivity contribution is -0.121. The van der Waals surface area contributed by atoms with Crippen molar-refractivity contribution in [3.05, 3.63) is 35.9 Å². The molecule has 4 heteroatoms. The fraction of sp³-hybridized carbons (Fsp3) is 0.562. The Labute approximate surface area is 128 Å². The fourth-order valence-electron chi connectivity index (χ4n) is 2.18. The zero-order valence-electron chi connectivity index (χ0n) is 12.7. The molecule has 1 aromatic rings. The van der Waals surface area contributed by atoms with Crippen molar-refractivity contribution < 1.29 is 4.79 Å². The second-order valence-electron chi connectivity index (χ2n) is 5.17. The minimum absolute atomic E-state index is 0. The summed E-state index contributed by atoms with van der Waals surface area (Å²) in [5, 5.41) is 6.17. The molecule has 0 aliphatic heterocycles. The minimum atomic E-state index is 0. The SMILES string of the molecule is CCNCCNC(=O)CC(c1ccccc1)C(C)C.Cl. The number of benzene rings is 1. The Kier molecular flexibility index (Phi) is 10.1. The number of rotatable bonds is 8. The summed E-state index contributed by atoms with van der Waals surface area (Å²) in [6.07, 6.45) is 0.563. The third kappa shape index (κ3) is 6.92. The summed E-state index contributed by atoms with van der Waals surface area (Å²) < 4.78 is 0. The van der Waals surface area contributed by atoms with Gasteiger partial charge >= 0.3 is 0 Å². The highest BCUT2D eigenvalue weighted by atomic mass is 35.5. The van der Waals surface area contributed by atoms with Crippen molar-refractivity contribution in [3.63, 3.8) is 0 Å². The number of likely N-dealkylation sites (N-methyl/N-ethyl adjacent to an activating group) is 1. The minimum Gasteiger partial charge on any atom is -0.355 e. The number of hydrogen-bond acceptors (Lipinski definition) is 2. The van der Waals surface area contributed by atoms with Gasteiger partial charge < -0.3 is 10.6 Å². The summed E-state index contributed by atoms with van der Waals surface area (Å²) in [6.45, 7) is 8.87. The highest BCUT2D eigenvalue weighted by Crippen LogP contribution is 2.27. The van der Waals surface area contributed by atoms with Gasteiger partial charge in [-0.2, -0.15) is 0 Å². The van der Waals surface area contributed by atoms with E-state index in [2.05, 4.69) is 43.5 Å². The second-order valence-corrected chi connectivity index (χ2v) is 5.17. The van der Waals surface area contributed by atoms with Crippen LogP contribution in [0.2, 0.25) is 0 Å². The number of amides is 1. The van der Waals surface area contributed by atoms with Crippen LogP contribution < -0.4 is 10.6 Å². The molecule has 1 unspecified atom stereocenters. The topological polar surface area (TPSA) is 41.1 Å². The van der Waals surface area contributed by atoms with E-state index in [4.69, 9.17) is 0 Å². The van der Waals surface area contributed by atoms with Gasteiger partial charge in [0.05, 0.1) is 0 Å². The number of carbonyl (C=O) groups excluding carboxylic acids is 1. The summed E-state index contributed by atoms with van der Waals surface area (Å²) >= 11 is 0. The van der Waals surface area contributed by atoms with Gasteiger partial charge in [-0.05, 0) is 23.9 Å². The average molecular weight is 299 g/mol. The van der Waals surface area contributed by atoms with Gasteiger partial charge in [0, 0.05) is 19.5 Å². The van der Waals surface area contributed by atoms with E-state index in [1.54, 1.807) is 0 Å². The summed E-state index contributed by atoms with van der Waals surface area (Å²) in [5.41, 5.74) is 1.25. The summed E-state index contributed by atoms with van der Waals surface area (Å²) in [7, 11) is 0. The number of carbonyl (C=O) groups is 1. The zero-order chi connectivity index (χ0) is 14.1. The first-order valence-corrected chi connectivity index (χ1v) is 7.17. The molecule has 1 amide bonds. The average Bonchev–Trinajstić information content (AvgIpc) is 2.41. The molecule has 0 fully saturated rings. The van der Waals surface area contributed by atoms with Gasteiger partial charge in [0.15, 0.2) is 0 Å². The van der Waals surface area contributed by atoms with E-state index in [-0.39, 0.29) is 18.3 Å². The molecule has 3 nitrogen and oxygen atoms in total. The third-order valence-electron chi connectivity index (χ3n) is 3.31. The van der Waals surface area contributed by atoms with E-state index in [0.29, 0.717) is 24.8 Å². The normalized spacial score (nSPS) is 11.8. The Balaban J connectivity index is 0.00000361. The first-order chi connectivity index (χ1) is 9.15. The number of nitrogens with one attached hydrogen (secondary N) is 2. The van der Waals surface area contributed by atoms with Crippen molar-refractivity contribution in [2.75, 3.05) is 19.6 Å². The molecule has 2 N–H and O–H groups in total. The van der Waals surface area contributed by atoms with E-state index < -0.39 is 0 Å². The van der Waals surface area contributed by atoms with Crippen LogP contribution >= 0.6 is 12.4 Å². The van der Waals surface area contributed by atoms with E-state index >= 15 is 0 Å². The first kappa shape index (κ1) is 18.9.